The zero-order valence-corrected chi connectivity index (χ0v) is 16.2. The molecule has 0 radical (unpaired) electrons. The molecule has 146 valence electrons. The Kier molecular flexibility index (Phi) is 5.11. The van der Waals surface area contributed by atoms with Crippen LogP contribution in [0, 0.1) is 6.92 Å². The lowest BCUT2D eigenvalue weighted by atomic mass is 10.2. The van der Waals surface area contributed by atoms with E-state index in [1.54, 1.807) is 19.1 Å². The molecule has 0 spiro atoms. The normalized spacial score (nSPS) is 11.2. The zero-order chi connectivity index (χ0) is 20.2. The summed E-state index contributed by atoms with van der Waals surface area (Å²) in [4.78, 5) is 16.1. The van der Waals surface area contributed by atoms with Gasteiger partial charge in [-0.2, -0.15) is 5.11 Å². The van der Waals surface area contributed by atoms with Crippen LogP contribution < -0.4 is 10.3 Å². The molecule has 2 aromatic heterocycles. The average Bonchev–Trinajstić information content (AvgIpc) is 3.34. The van der Waals surface area contributed by atoms with E-state index < -0.39 is 0 Å². The molecule has 0 unspecified atom stereocenters. The minimum absolute atomic E-state index is 0.265. The van der Waals surface area contributed by atoms with E-state index in [0.717, 1.165) is 17.0 Å². The lowest BCUT2D eigenvalue weighted by Gasteiger charge is -2.01. The van der Waals surface area contributed by atoms with Gasteiger partial charge in [-0.1, -0.05) is 30.3 Å². The highest BCUT2D eigenvalue weighted by atomic mass is 16.5. The molecule has 0 aliphatic carbocycles. The first-order valence-electron chi connectivity index (χ1n) is 9.36. The quantitative estimate of drug-likeness (QED) is 0.441. The van der Waals surface area contributed by atoms with Crippen molar-refractivity contribution in [1.82, 2.24) is 14.8 Å². The van der Waals surface area contributed by atoms with Crippen LogP contribution in [0.1, 0.15) is 12.6 Å². The van der Waals surface area contributed by atoms with Crippen molar-refractivity contribution in [1.29, 1.82) is 0 Å². The molecule has 2 N–H and O–H groups in total. The second-order valence-electron chi connectivity index (χ2n) is 6.48. The fourth-order valence-electron chi connectivity index (χ4n) is 3.01. The Morgan fingerprint density at radius 3 is 2.45 bits per heavy atom. The molecule has 0 bridgehead atoms. The van der Waals surface area contributed by atoms with Crippen LogP contribution in [0.25, 0.3) is 17.1 Å². The summed E-state index contributed by atoms with van der Waals surface area (Å²) < 4.78 is 6.85. The molecule has 29 heavy (non-hydrogen) atoms. The van der Waals surface area contributed by atoms with Gasteiger partial charge in [0.2, 0.25) is 0 Å². The number of azo groups is 1. The van der Waals surface area contributed by atoms with Crippen molar-refractivity contribution in [3.8, 4) is 22.8 Å². The smallest absolute Gasteiger partial charge is 0.300 e. The molecular weight excluding hydrogens is 366 g/mol. The van der Waals surface area contributed by atoms with Crippen LogP contribution in [-0.2, 0) is 0 Å². The van der Waals surface area contributed by atoms with E-state index in [-0.39, 0.29) is 11.2 Å². The van der Waals surface area contributed by atoms with Crippen LogP contribution in [0.3, 0.4) is 0 Å². The topological polar surface area (TPSA) is 87.5 Å². The molecule has 0 aliphatic rings. The van der Waals surface area contributed by atoms with Gasteiger partial charge in [-0.05, 0) is 55.8 Å². The molecule has 2 heterocycles. The second kappa shape index (κ2) is 8.02. The number of rotatable bonds is 6. The van der Waals surface area contributed by atoms with Crippen molar-refractivity contribution in [3.63, 3.8) is 0 Å². The molecular formula is C22H21N5O2. The summed E-state index contributed by atoms with van der Waals surface area (Å²) in [5.41, 5.74) is 3.27. The Labute approximate surface area is 167 Å². The van der Waals surface area contributed by atoms with Crippen LogP contribution >= 0.6 is 0 Å². The van der Waals surface area contributed by atoms with E-state index in [2.05, 4.69) is 20.3 Å². The van der Waals surface area contributed by atoms with Crippen molar-refractivity contribution >= 4 is 11.4 Å². The third-order valence-electron chi connectivity index (χ3n) is 4.45. The monoisotopic (exact) mass is 387 g/mol. The highest BCUT2D eigenvalue weighted by Gasteiger charge is 2.13. The number of ether oxygens (including phenoxy) is 1. The molecule has 0 aliphatic heterocycles. The molecule has 0 amide bonds. The Hall–Kier alpha value is -3.87. The van der Waals surface area contributed by atoms with Gasteiger partial charge in [0.1, 0.15) is 11.6 Å². The lowest BCUT2D eigenvalue weighted by Crippen LogP contribution is -2.14. The van der Waals surface area contributed by atoms with E-state index in [1.165, 1.54) is 4.68 Å². The van der Waals surface area contributed by atoms with Gasteiger partial charge in [0.05, 0.1) is 18.0 Å². The molecule has 0 atom stereocenters. The first-order valence-corrected chi connectivity index (χ1v) is 9.36. The van der Waals surface area contributed by atoms with Crippen molar-refractivity contribution in [2.24, 2.45) is 10.2 Å². The number of aromatic amines is 2. The van der Waals surface area contributed by atoms with E-state index in [1.807, 2.05) is 61.5 Å². The number of nitrogens with zero attached hydrogens (tertiary/aromatic N) is 3. The van der Waals surface area contributed by atoms with E-state index in [0.29, 0.717) is 23.8 Å². The van der Waals surface area contributed by atoms with Gasteiger partial charge < -0.3 is 9.72 Å². The summed E-state index contributed by atoms with van der Waals surface area (Å²) >= 11 is 0. The van der Waals surface area contributed by atoms with Gasteiger partial charge in [0.25, 0.3) is 0 Å². The number of nitrogens with one attached hydrogen (secondary N) is 2. The summed E-state index contributed by atoms with van der Waals surface area (Å²) in [6.07, 6.45) is 0. The molecule has 4 rings (SSSR count). The van der Waals surface area contributed by atoms with Gasteiger partial charge >= 0.3 is 5.56 Å². The maximum Gasteiger partial charge on any atom is 0.300 e. The SMILES string of the molecule is CCOc1ccc(N=Nc2c(C)[nH]n(-c3ccc(-c4ccccc4)[nH]3)c2=O)cc1. The molecule has 0 saturated carbocycles. The minimum Gasteiger partial charge on any atom is -0.494 e. The Morgan fingerprint density at radius 2 is 1.72 bits per heavy atom. The van der Waals surface area contributed by atoms with Gasteiger partial charge in [0, 0.05) is 5.69 Å². The molecule has 0 saturated heterocycles. The van der Waals surface area contributed by atoms with Crippen LogP contribution in [0.5, 0.6) is 5.75 Å². The summed E-state index contributed by atoms with van der Waals surface area (Å²) in [7, 11) is 0. The summed E-state index contributed by atoms with van der Waals surface area (Å²) in [6.45, 7) is 4.33. The number of aryl methyl sites for hydroxylation is 1. The molecule has 4 aromatic rings. The highest BCUT2D eigenvalue weighted by molar-refractivity contribution is 5.61. The van der Waals surface area contributed by atoms with E-state index in [9.17, 15) is 4.79 Å². The van der Waals surface area contributed by atoms with Gasteiger partial charge in [0.15, 0.2) is 5.69 Å². The van der Waals surface area contributed by atoms with Gasteiger partial charge in [-0.25, -0.2) is 4.68 Å². The van der Waals surface area contributed by atoms with E-state index >= 15 is 0 Å². The minimum atomic E-state index is -0.265. The van der Waals surface area contributed by atoms with Crippen LogP contribution in [0.2, 0.25) is 0 Å². The van der Waals surface area contributed by atoms with Crippen molar-refractivity contribution in [2.45, 2.75) is 13.8 Å². The fourth-order valence-corrected chi connectivity index (χ4v) is 3.01. The fraction of sp³-hybridized carbons (Fsp3) is 0.136. The predicted octanol–water partition coefficient (Wildman–Crippen LogP) is 5.28. The Bertz CT molecular complexity index is 1180. The van der Waals surface area contributed by atoms with Crippen molar-refractivity contribution < 1.29 is 4.74 Å². The zero-order valence-electron chi connectivity index (χ0n) is 16.2. The molecule has 0 fully saturated rings. The Morgan fingerprint density at radius 1 is 0.966 bits per heavy atom. The highest BCUT2D eigenvalue weighted by Crippen LogP contribution is 2.23. The predicted molar refractivity (Wildman–Crippen MR) is 113 cm³/mol. The standard InChI is InChI=1S/C22H21N5O2/c1-3-29-18-11-9-17(10-12-18)24-25-21-15(2)26-27(22(21)28)20-14-13-19(23-20)16-7-5-4-6-8-16/h4-14,23,26H,3H2,1-2H3. The molecule has 7 nitrogen and oxygen atoms in total. The van der Waals surface area contributed by atoms with Crippen molar-refractivity contribution in [3.05, 3.63) is 82.8 Å². The third kappa shape index (κ3) is 3.89. The third-order valence-corrected chi connectivity index (χ3v) is 4.45. The maximum atomic E-state index is 12.8. The summed E-state index contributed by atoms with van der Waals surface area (Å²) in [5.74, 6) is 1.41. The Balaban J connectivity index is 1.60. The van der Waals surface area contributed by atoms with Crippen LogP contribution in [0.4, 0.5) is 11.4 Å². The van der Waals surface area contributed by atoms with Crippen LogP contribution in [0.15, 0.2) is 81.8 Å². The molecule has 7 heteroatoms. The lowest BCUT2D eigenvalue weighted by molar-refractivity contribution is 0.340. The number of aromatic nitrogens is 3. The van der Waals surface area contributed by atoms with Crippen molar-refractivity contribution in [2.75, 3.05) is 6.61 Å². The van der Waals surface area contributed by atoms with E-state index in [4.69, 9.17) is 4.74 Å². The maximum absolute atomic E-state index is 12.8. The van der Waals surface area contributed by atoms with Gasteiger partial charge in [-0.3, -0.25) is 9.89 Å². The second-order valence-corrected chi connectivity index (χ2v) is 6.48. The van der Waals surface area contributed by atoms with Gasteiger partial charge in [-0.15, -0.1) is 5.11 Å². The number of hydrogen-bond donors (Lipinski definition) is 2. The first kappa shape index (κ1) is 18.5. The largest absolute Gasteiger partial charge is 0.494 e. The number of benzene rings is 2. The van der Waals surface area contributed by atoms with Crippen LogP contribution in [-0.4, -0.2) is 21.4 Å². The number of hydrogen-bond acceptors (Lipinski definition) is 4. The summed E-state index contributed by atoms with van der Waals surface area (Å²) in [5, 5.41) is 11.4. The number of H-pyrrole nitrogens is 2. The summed E-state index contributed by atoms with van der Waals surface area (Å²) in [6, 6.07) is 21.0. The first-order chi connectivity index (χ1) is 14.2. The molecule has 2 aromatic carbocycles. The average molecular weight is 387 g/mol.